The molecule has 4 fully saturated rings. The summed E-state index contributed by atoms with van der Waals surface area (Å²) in [7, 11) is 1.56. The maximum Gasteiger partial charge on any atom is 0.410 e. The first-order valence-corrected chi connectivity index (χ1v) is 20.5. The van der Waals surface area contributed by atoms with Crippen molar-refractivity contribution in [3.8, 4) is 23.0 Å². The van der Waals surface area contributed by atoms with Crippen molar-refractivity contribution in [3.05, 3.63) is 47.9 Å². The number of methoxy groups -OCH3 is 1. The smallest absolute Gasteiger partial charge is 0.410 e. The average Bonchev–Trinajstić information content (AvgIpc) is 3.95. The molecule has 0 saturated carbocycles. The third-order valence-electron chi connectivity index (χ3n) is 11.5. The number of benzene rings is 2. The second-order valence-electron chi connectivity index (χ2n) is 16.5. The molecule has 14 heteroatoms. The van der Waals surface area contributed by atoms with E-state index in [2.05, 4.69) is 22.8 Å². The zero-order valence-corrected chi connectivity index (χ0v) is 33.8. The first-order chi connectivity index (χ1) is 27.6. The molecule has 3 atom stereocenters. The summed E-state index contributed by atoms with van der Waals surface area (Å²) in [6, 6.07) is 9.95. The number of amides is 1. The molecule has 0 aliphatic carbocycles. The molecule has 4 aliphatic rings. The molecule has 4 aromatic rings. The number of nitrogens with zero attached hydrogens (tertiary/aromatic N) is 6. The van der Waals surface area contributed by atoms with Crippen LogP contribution in [0.2, 0.25) is 0 Å². The molecule has 57 heavy (non-hydrogen) atoms. The van der Waals surface area contributed by atoms with Crippen LogP contribution in [0.1, 0.15) is 71.8 Å². The predicted octanol–water partition coefficient (Wildman–Crippen LogP) is 7.11. The molecular weight excluding hydrogens is 732 g/mol. The molecule has 8 rings (SSSR count). The Morgan fingerprint density at radius 2 is 1.82 bits per heavy atom. The summed E-state index contributed by atoms with van der Waals surface area (Å²) in [6.45, 7) is 12.4. The zero-order chi connectivity index (χ0) is 39.7. The van der Waals surface area contributed by atoms with E-state index in [1.54, 1.807) is 13.3 Å². The van der Waals surface area contributed by atoms with E-state index >= 15 is 4.39 Å². The summed E-state index contributed by atoms with van der Waals surface area (Å²) in [6.07, 6.45) is 7.57. The normalized spacial score (nSPS) is 21.6. The predicted molar refractivity (Wildman–Crippen MR) is 214 cm³/mol. The summed E-state index contributed by atoms with van der Waals surface area (Å²) < 4.78 is 52.0. The number of anilines is 1. The van der Waals surface area contributed by atoms with Crippen molar-refractivity contribution >= 4 is 33.6 Å². The third kappa shape index (κ3) is 8.46. The molecule has 2 unspecified atom stereocenters. The van der Waals surface area contributed by atoms with E-state index in [-0.39, 0.29) is 54.5 Å². The van der Waals surface area contributed by atoms with E-state index in [0.717, 1.165) is 74.4 Å². The molecule has 0 N–H and O–H groups in total. The van der Waals surface area contributed by atoms with Gasteiger partial charge in [-0.2, -0.15) is 9.97 Å². The standard InChI is InChI=1S/C43H55FN6O7/c1-6-27-10-7-11-28-20-32(56-26-52-5)21-33(36(27)28)38-37(44)39-34(22-45-38)40(49-23-29-14-15-30(24-49)50(29)42(51)57-43(2,3)4)47-41(46-39)55-25-31-12-8-16-48(31)17-9-13-35-53-18-19-54-35/h7,10-11,20-22,29-31,35H,6,8-9,12-19,23-26H2,1-5H3/t29?,30?,31-/m0/s1. The van der Waals surface area contributed by atoms with Gasteiger partial charge >= 0.3 is 12.1 Å². The Balaban J connectivity index is 1.15. The minimum Gasteiger partial charge on any atom is -0.468 e. The number of carbonyl (C=O) groups is 1. The van der Waals surface area contributed by atoms with Gasteiger partial charge in [0.15, 0.2) is 18.9 Å². The molecule has 4 aliphatic heterocycles. The number of ether oxygens (including phenoxy) is 6. The Morgan fingerprint density at radius 3 is 2.56 bits per heavy atom. The van der Waals surface area contributed by atoms with Crippen LogP contribution in [0.25, 0.3) is 32.9 Å². The number of fused-ring (bicyclic) bond motifs is 4. The third-order valence-corrected chi connectivity index (χ3v) is 11.5. The maximum absolute atomic E-state index is 17.4. The number of rotatable bonds is 13. The Kier molecular flexibility index (Phi) is 11.7. The van der Waals surface area contributed by atoms with Crippen LogP contribution in [0.3, 0.4) is 0 Å². The van der Waals surface area contributed by atoms with E-state index < -0.39 is 11.4 Å². The molecule has 4 saturated heterocycles. The number of pyridine rings is 1. The summed E-state index contributed by atoms with van der Waals surface area (Å²) in [5, 5.41) is 2.30. The second-order valence-corrected chi connectivity index (χ2v) is 16.5. The quantitative estimate of drug-likeness (QED) is 0.129. The number of piperazine rings is 1. The number of carbonyl (C=O) groups excluding carboxylic acids is 1. The highest BCUT2D eigenvalue weighted by Crippen LogP contribution is 2.40. The van der Waals surface area contributed by atoms with E-state index in [0.29, 0.717) is 55.4 Å². The average molecular weight is 787 g/mol. The van der Waals surface area contributed by atoms with Gasteiger partial charge in [-0.15, -0.1) is 0 Å². The van der Waals surface area contributed by atoms with Gasteiger partial charge in [-0.25, -0.2) is 9.18 Å². The molecule has 2 aromatic heterocycles. The Bertz CT molecular complexity index is 2060. The molecule has 0 radical (unpaired) electrons. The Morgan fingerprint density at radius 1 is 1.04 bits per heavy atom. The highest BCUT2D eigenvalue weighted by molar-refractivity contribution is 6.01. The molecule has 0 spiro atoms. The highest BCUT2D eigenvalue weighted by Gasteiger charge is 2.45. The van der Waals surface area contributed by atoms with E-state index in [1.807, 2.05) is 49.9 Å². The lowest BCUT2D eigenvalue weighted by Crippen LogP contribution is -2.57. The first-order valence-electron chi connectivity index (χ1n) is 20.5. The SMILES string of the molecule is CCc1cccc2cc(OCOC)cc(-c3ncc4c(N5CC6CCC(C5)N6C(=O)OC(C)(C)C)nc(OC[C@@H]5CCCN5CCCC5OCCO5)nc4c3F)c12. The van der Waals surface area contributed by atoms with Gasteiger partial charge in [-0.05, 0) is 107 Å². The van der Waals surface area contributed by atoms with Gasteiger partial charge < -0.3 is 33.3 Å². The summed E-state index contributed by atoms with van der Waals surface area (Å²) in [5.74, 6) is 0.528. The zero-order valence-electron chi connectivity index (χ0n) is 33.8. The van der Waals surface area contributed by atoms with Gasteiger partial charge in [0.2, 0.25) is 0 Å². The lowest BCUT2D eigenvalue weighted by Gasteiger charge is -2.42. The fraction of sp³-hybridized carbons (Fsp3) is 0.581. The van der Waals surface area contributed by atoms with Crippen molar-refractivity contribution in [2.45, 2.75) is 103 Å². The van der Waals surface area contributed by atoms with Crippen molar-refractivity contribution in [1.82, 2.24) is 24.8 Å². The van der Waals surface area contributed by atoms with Crippen LogP contribution in [-0.2, 0) is 25.4 Å². The molecule has 306 valence electrons. The van der Waals surface area contributed by atoms with Crippen molar-refractivity contribution in [2.75, 3.05) is 64.8 Å². The van der Waals surface area contributed by atoms with Gasteiger partial charge in [-0.3, -0.25) is 14.8 Å². The Labute approximate surface area is 333 Å². The topological polar surface area (TPSA) is 121 Å². The number of likely N-dealkylation sites (tertiary alicyclic amines) is 1. The molecule has 6 heterocycles. The number of aryl methyl sites for hydroxylation is 1. The lowest BCUT2D eigenvalue weighted by molar-refractivity contribution is -0.0491. The van der Waals surface area contributed by atoms with Crippen molar-refractivity contribution in [1.29, 1.82) is 0 Å². The molecule has 2 bridgehead atoms. The van der Waals surface area contributed by atoms with Crippen LogP contribution in [-0.4, -0.2) is 121 Å². The minimum absolute atomic E-state index is 0.0499. The van der Waals surface area contributed by atoms with Crippen molar-refractivity contribution < 1.29 is 37.6 Å². The van der Waals surface area contributed by atoms with E-state index in [4.69, 9.17) is 43.4 Å². The number of hydrogen-bond donors (Lipinski definition) is 0. The van der Waals surface area contributed by atoms with Crippen LogP contribution in [0, 0.1) is 5.82 Å². The van der Waals surface area contributed by atoms with Crippen LogP contribution < -0.4 is 14.4 Å². The molecule has 2 aromatic carbocycles. The Hall–Kier alpha value is -4.37. The van der Waals surface area contributed by atoms with Gasteiger partial charge in [0.1, 0.15) is 35.0 Å². The summed E-state index contributed by atoms with van der Waals surface area (Å²) >= 11 is 0. The summed E-state index contributed by atoms with van der Waals surface area (Å²) in [5.41, 5.74) is 1.37. The lowest BCUT2D eigenvalue weighted by atomic mass is 9.95. The van der Waals surface area contributed by atoms with Gasteiger partial charge in [-0.1, -0.05) is 25.1 Å². The fourth-order valence-corrected chi connectivity index (χ4v) is 8.96. The van der Waals surface area contributed by atoms with E-state index in [9.17, 15) is 4.79 Å². The number of hydrogen-bond acceptors (Lipinski definition) is 12. The van der Waals surface area contributed by atoms with Crippen LogP contribution in [0.4, 0.5) is 15.0 Å². The maximum atomic E-state index is 17.4. The number of aromatic nitrogens is 3. The van der Waals surface area contributed by atoms with Crippen LogP contribution >= 0.6 is 0 Å². The van der Waals surface area contributed by atoms with Crippen molar-refractivity contribution in [2.24, 2.45) is 0 Å². The first kappa shape index (κ1) is 39.5. The fourth-order valence-electron chi connectivity index (χ4n) is 8.96. The van der Waals surface area contributed by atoms with Crippen LogP contribution in [0.5, 0.6) is 11.8 Å². The van der Waals surface area contributed by atoms with Gasteiger partial charge in [0.05, 0.1) is 30.7 Å². The van der Waals surface area contributed by atoms with Crippen molar-refractivity contribution in [3.63, 3.8) is 0 Å². The molecule has 13 nitrogen and oxygen atoms in total. The van der Waals surface area contributed by atoms with Crippen LogP contribution in [0.15, 0.2) is 36.5 Å². The number of halogens is 1. The molecule has 1 amide bonds. The monoisotopic (exact) mass is 786 g/mol. The molecular formula is C43H55FN6O7. The highest BCUT2D eigenvalue weighted by atomic mass is 19.1. The largest absolute Gasteiger partial charge is 0.468 e. The second kappa shape index (κ2) is 16.8. The minimum atomic E-state index is -0.601. The summed E-state index contributed by atoms with van der Waals surface area (Å²) in [4.78, 5) is 34.4. The van der Waals surface area contributed by atoms with E-state index in [1.165, 1.54) is 0 Å². The van der Waals surface area contributed by atoms with Gasteiger partial charge in [0.25, 0.3) is 0 Å². The van der Waals surface area contributed by atoms with Gasteiger partial charge in [0, 0.05) is 38.0 Å².